The fourth-order valence-electron chi connectivity index (χ4n) is 2.97. The Labute approximate surface area is 171 Å². The Morgan fingerprint density at radius 1 is 1.00 bits per heavy atom. The van der Waals surface area contributed by atoms with Gasteiger partial charge in [-0.2, -0.15) is 0 Å². The maximum atomic E-state index is 12.5. The molecule has 0 radical (unpaired) electrons. The zero-order chi connectivity index (χ0) is 19.7. The van der Waals surface area contributed by atoms with Crippen molar-refractivity contribution >= 4 is 46.3 Å². The minimum absolute atomic E-state index is 0.406. The van der Waals surface area contributed by atoms with Crippen LogP contribution in [0, 0.1) is 6.92 Å². The van der Waals surface area contributed by atoms with Crippen molar-refractivity contribution in [3.05, 3.63) is 82.6 Å². The molecule has 0 unspecified atom stereocenters. The van der Waals surface area contributed by atoms with Gasteiger partial charge in [-0.3, -0.25) is 0 Å². The van der Waals surface area contributed by atoms with Crippen LogP contribution in [0.25, 0.3) is 16.9 Å². The van der Waals surface area contributed by atoms with Crippen LogP contribution in [-0.2, 0) is 0 Å². The van der Waals surface area contributed by atoms with E-state index >= 15 is 0 Å². The number of aromatic nitrogens is 2. The van der Waals surface area contributed by atoms with Gasteiger partial charge in [0.1, 0.15) is 5.65 Å². The minimum atomic E-state index is -0.420. The first-order chi connectivity index (χ1) is 13.5. The van der Waals surface area contributed by atoms with Crippen molar-refractivity contribution in [1.82, 2.24) is 9.38 Å². The molecule has 0 aliphatic heterocycles. The molecule has 2 N–H and O–H groups in total. The molecule has 0 saturated carbocycles. The number of anilines is 2. The van der Waals surface area contributed by atoms with Gasteiger partial charge in [0.2, 0.25) is 0 Å². The van der Waals surface area contributed by atoms with Gasteiger partial charge in [0.15, 0.2) is 0 Å². The molecule has 0 atom stereocenters. The average molecular weight is 411 g/mol. The van der Waals surface area contributed by atoms with Crippen LogP contribution >= 0.6 is 23.2 Å². The summed E-state index contributed by atoms with van der Waals surface area (Å²) < 4.78 is 1.97. The number of carbonyl (C=O) groups is 1. The van der Waals surface area contributed by atoms with E-state index < -0.39 is 6.03 Å². The smallest absolute Gasteiger partial charge is 0.307 e. The molecule has 7 heteroatoms. The van der Waals surface area contributed by atoms with Gasteiger partial charge in [-0.15, -0.1) is 0 Å². The normalized spacial score (nSPS) is 10.8. The predicted octanol–water partition coefficient (Wildman–Crippen LogP) is 6.26. The highest BCUT2D eigenvalue weighted by Crippen LogP contribution is 2.29. The fourth-order valence-corrected chi connectivity index (χ4v) is 3.30. The summed E-state index contributed by atoms with van der Waals surface area (Å²) in [7, 11) is 0. The summed E-state index contributed by atoms with van der Waals surface area (Å²) in [5, 5.41) is 6.48. The van der Waals surface area contributed by atoms with Crippen LogP contribution in [0.2, 0.25) is 10.0 Å². The Balaban J connectivity index is 1.63. The van der Waals surface area contributed by atoms with Gasteiger partial charge in [-0.1, -0.05) is 47.5 Å². The van der Waals surface area contributed by atoms with E-state index in [9.17, 15) is 4.79 Å². The lowest BCUT2D eigenvalue weighted by atomic mass is 10.1. The van der Waals surface area contributed by atoms with Gasteiger partial charge in [-0.05, 0) is 42.8 Å². The number of pyridine rings is 1. The van der Waals surface area contributed by atoms with E-state index in [4.69, 9.17) is 28.2 Å². The molecule has 2 aromatic heterocycles. The van der Waals surface area contributed by atoms with E-state index in [0.717, 1.165) is 22.5 Å². The monoisotopic (exact) mass is 410 g/mol. The molecule has 0 fully saturated rings. The van der Waals surface area contributed by atoms with E-state index in [1.54, 1.807) is 18.2 Å². The number of carbonyl (C=O) groups excluding carboxylic acids is 1. The van der Waals surface area contributed by atoms with E-state index in [0.29, 0.717) is 21.4 Å². The summed E-state index contributed by atoms with van der Waals surface area (Å²) >= 11 is 12.1. The highest BCUT2D eigenvalue weighted by Gasteiger charge is 2.13. The average Bonchev–Trinajstić information content (AvgIpc) is 3.11. The van der Waals surface area contributed by atoms with Gasteiger partial charge in [-0.25, -0.2) is 9.78 Å². The number of aryl methyl sites for hydroxylation is 1. The van der Waals surface area contributed by atoms with Crippen LogP contribution in [0.5, 0.6) is 0 Å². The number of nitrogens with one attached hydrogen (secondary N) is 2. The molecule has 0 saturated heterocycles. The zero-order valence-electron chi connectivity index (χ0n) is 14.9. The number of imidazole rings is 1. The molecule has 2 heterocycles. The Morgan fingerprint density at radius 2 is 1.79 bits per heavy atom. The van der Waals surface area contributed by atoms with E-state index in [2.05, 4.69) is 10.6 Å². The van der Waals surface area contributed by atoms with Gasteiger partial charge in [0.25, 0.3) is 0 Å². The van der Waals surface area contributed by atoms with Crippen molar-refractivity contribution in [2.75, 3.05) is 10.6 Å². The van der Waals surface area contributed by atoms with E-state index in [1.165, 1.54) is 0 Å². The first-order valence-corrected chi connectivity index (χ1v) is 9.33. The molecule has 5 nitrogen and oxygen atoms in total. The molecule has 0 aliphatic carbocycles. The van der Waals surface area contributed by atoms with E-state index in [-0.39, 0.29) is 0 Å². The summed E-state index contributed by atoms with van der Waals surface area (Å²) in [5.74, 6) is 0. The second-order valence-electron chi connectivity index (χ2n) is 6.30. The largest absolute Gasteiger partial charge is 0.323 e. The summed E-state index contributed by atoms with van der Waals surface area (Å²) in [6.45, 7) is 2.01. The quantitative estimate of drug-likeness (QED) is 0.418. The second kappa shape index (κ2) is 7.54. The first kappa shape index (κ1) is 18.3. The number of hydrogen-bond donors (Lipinski definition) is 2. The van der Waals surface area contributed by atoms with Crippen molar-refractivity contribution in [1.29, 1.82) is 0 Å². The highest BCUT2D eigenvalue weighted by molar-refractivity contribution is 6.35. The summed E-state index contributed by atoms with van der Waals surface area (Å²) in [6, 6.07) is 16.0. The van der Waals surface area contributed by atoms with Crippen molar-refractivity contribution in [3.63, 3.8) is 0 Å². The van der Waals surface area contributed by atoms with Crippen LogP contribution in [0.3, 0.4) is 0 Å². The molecule has 0 aliphatic rings. The lowest BCUT2D eigenvalue weighted by Crippen LogP contribution is -2.20. The molecule has 2 amide bonds. The molecule has 4 rings (SSSR count). The number of halogens is 2. The molecule has 140 valence electrons. The molecule has 2 aromatic carbocycles. The van der Waals surface area contributed by atoms with Crippen LogP contribution in [-0.4, -0.2) is 15.4 Å². The minimum Gasteiger partial charge on any atom is -0.307 e. The van der Waals surface area contributed by atoms with Crippen molar-refractivity contribution in [3.8, 4) is 11.3 Å². The Morgan fingerprint density at radius 3 is 2.61 bits per heavy atom. The van der Waals surface area contributed by atoms with Crippen molar-refractivity contribution in [2.45, 2.75) is 6.92 Å². The number of benzene rings is 2. The predicted molar refractivity (Wildman–Crippen MR) is 114 cm³/mol. The molecular weight excluding hydrogens is 395 g/mol. The van der Waals surface area contributed by atoms with Crippen molar-refractivity contribution in [2.24, 2.45) is 0 Å². The first-order valence-electron chi connectivity index (χ1n) is 8.58. The maximum absolute atomic E-state index is 12.5. The number of amides is 2. The molecule has 28 heavy (non-hydrogen) atoms. The van der Waals surface area contributed by atoms with Gasteiger partial charge in [0, 0.05) is 23.0 Å². The molecule has 0 bridgehead atoms. The number of nitrogens with zero attached hydrogens (tertiary/aromatic N) is 2. The third kappa shape index (κ3) is 3.67. The maximum Gasteiger partial charge on any atom is 0.323 e. The number of hydrogen-bond acceptors (Lipinski definition) is 2. The third-order valence-corrected chi connectivity index (χ3v) is 4.87. The topological polar surface area (TPSA) is 58.4 Å². The van der Waals surface area contributed by atoms with Crippen LogP contribution in [0.1, 0.15) is 5.56 Å². The van der Waals surface area contributed by atoms with Crippen molar-refractivity contribution < 1.29 is 4.79 Å². The fraction of sp³-hybridized carbons (Fsp3) is 0.0476. The molecular formula is C21H16Cl2N4O. The second-order valence-corrected chi connectivity index (χ2v) is 7.14. The zero-order valence-corrected chi connectivity index (χ0v) is 16.4. The van der Waals surface area contributed by atoms with Gasteiger partial charge in [0.05, 0.1) is 22.1 Å². The number of rotatable bonds is 3. The summed E-state index contributed by atoms with van der Waals surface area (Å²) in [4.78, 5) is 17.2. The lowest BCUT2D eigenvalue weighted by molar-refractivity contribution is 0.262. The standard InChI is InChI=1S/C21H16Cl2N4O/c1-13-5-4-10-27-12-19(24-20(13)27)15-6-2-3-7-17(15)25-21(28)26-18-11-14(22)8-9-16(18)23/h2-12H,1H3,(H2,25,26,28). The van der Waals surface area contributed by atoms with E-state index in [1.807, 2.05) is 60.1 Å². The van der Waals surface area contributed by atoms with Gasteiger partial charge >= 0.3 is 6.03 Å². The number of para-hydroxylation sites is 1. The summed E-state index contributed by atoms with van der Waals surface area (Å²) in [6.07, 6.45) is 3.89. The Kier molecular flexibility index (Phi) is 4.94. The highest BCUT2D eigenvalue weighted by atomic mass is 35.5. The number of fused-ring (bicyclic) bond motifs is 1. The van der Waals surface area contributed by atoms with Crippen LogP contribution < -0.4 is 10.6 Å². The summed E-state index contributed by atoms with van der Waals surface area (Å²) in [5.41, 5.74) is 4.62. The third-order valence-electron chi connectivity index (χ3n) is 4.31. The van der Waals surface area contributed by atoms with Crippen LogP contribution in [0.15, 0.2) is 67.0 Å². The Hall–Kier alpha value is -3.02. The SMILES string of the molecule is Cc1cccn2cc(-c3ccccc3NC(=O)Nc3cc(Cl)ccc3Cl)nc12. The lowest BCUT2D eigenvalue weighted by Gasteiger charge is -2.12. The Bertz CT molecular complexity index is 1190. The van der Waals surface area contributed by atoms with Crippen LogP contribution in [0.4, 0.5) is 16.2 Å². The number of urea groups is 1. The molecule has 0 spiro atoms. The molecule has 4 aromatic rings. The van der Waals surface area contributed by atoms with Gasteiger partial charge < -0.3 is 15.0 Å².